The summed E-state index contributed by atoms with van der Waals surface area (Å²) in [4.78, 5) is 13.4. The van der Waals surface area contributed by atoms with Crippen LogP contribution in [0.2, 0.25) is 0 Å². The first-order valence-electron chi connectivity index (χ1n) is 10.6. The van der Waals surface area contributed by atoms with Gasteiger partial charge in [0.1, 0.15) is 12.1 Å². The summed E-state index contributed by atoms with van der Waals surface area (Å²) in [6.45, 7) is 6.71. The van der Waals surface area contributed by atoms with E-state index in [0.717, 1.165) is 33.5 Å². The van der Waals surface area contributed by atoms with Crippen molar-refractivity contribution in [2.45, 2.75) is 39.5 Å². The van der Waals surface area contributed by atoms with Gasteiger partial charge in [-0.25, -0.2) is 9.97 Å². The Kier molecular flexibility index (Phi) is 6.29. The quantitative estimate of drug-likeness (QED) is 0.457. The molecule has 2 N–H and O–H groups in total. The standard InChI is InChI=1S/C26H27N5O2/c1-18-5-6-21(14-28-18)16-33-23-8-7-20(12-24(23)32-4)15-31-17-30-22-11-19(13-29-25(22)31)9-10-26(2,3)27/h5-8,11-14,17H,15-16,27H2,1-4H3. The Morgan fingerprint density at radius 3 is 2.55 bits per heavy atom. The number of hydrogen-bond acceptors (Lipinski definition) is 6. The van der Waals surface area contributed by atoms with E-state index < -0.39 is 5.54 Å². The van der Waals surface area contributed by atoms with Crippen LogP contribution in [0.1, 0.15) is 36.2 Å². The van der Waals surface area contributed by atoms with Gasteiger partial charge in [0.25, 0.3) is 0 Å². The highest BCUT2D eigenvalue weighted by Crippen LogP contribution is 2.29. The number of rotatable bonds is 6. The van der Waals surface area contributed by atoms with Crippen molar-refractivity contribution in [1.29, 1.82) is 0 Å². The van der Waals surface area contributed by atoms with Crippen LogP contribution >= 0.6 is 0 Å². The zero-order valence-corrected chi connectivity index (χ0v) is 19.3. The largest absolute Gasteiger partial charge is 0.493 e. The van der Waals surface area contributed by atoms with Crippen molar-refractivity contribution in [2.24, 2.45) is 5.73 Å². The van der Waals surface area contributed by atoms with Crippen LogP contribution in [0, 0.1) is 18.8 Å². The normalized spacial score (nSPS) is 11.2. The van der Waals surface area contributed by atoms with Gasteiger partial charge in [0.05, 0.1) is 25.5 Å². The lowest BCUT2D eigenvalue weighted by molar-refractivity contribution is 0.284. The van der Waals surface area contributed by atoms with Crippen LogP contribution in [0.3, 0.4) is 0 Å². The van der Waals surface area contributed by atoms with Crippen LogP contribution in [-0.4, -0.2) is 32.2 Å². The Morgan fingerprint density at radius 2 is 1.82 bits per heavy atom. The molecule has 0 aliphatic carbocycles. The predicted molar refractivity (Wildman–Crippen MR) is 128 cm³/mol. The number of hydrogen-bond donors (Lipinski definition) is 1. The van der Waals surface area contributed by atoms with E-state index in [1.165, 1.54) is 0 Å². The molecule has 0 spiro atoms. The molecule has 0 fully saturated rings. The zero-order valence-electron chi connectivity index (χ0n) is 19.3. The van der Waals surface area contributed by atoms with E-state index in [0.29, 0.717) is 24.7 Å². The molecule has 0 radical (unpaired) electrons. The number of imidazole rings is 1. The Morgan fingerprint density at radius 1 is 1.00 bits per heavy atom. The van der Waals surface area contributed by atoms with E-state index in [1.54, 1.807) is 19.6 Å². The summed E-state index contributed by atoms with van der Waals surface area (Å²) in [5.41, 5.74) is 10.8. The third-order valence-corrected chi connectivity index (χ3v) is 4.93. The van der Waals surface area contributed by atoms with Gasteiger partial charge in [0, 0.05) is 29.2 Å². The number of methoxy groups -OCH3 is 1. The van der Waals surface area contributed by atoms with Crippen molar-refractivity contribution in [1.82, 2.24) is 19.5 Å². The summed E-state index contributed by atoms with van der Waals surface area (Å²) in [6.07, 6.45) is 5.35. The summed E-state index contributed by atoms with van der Waals surface area (Å²) < 4.78 is 13.5. The number of pyridine rings is 2. The van der Waals surface area contributed by atoms with Crippen molar-refractivity contribution in [3.8, 4) is 23.3 Å². The number of aryl methyl sites for hydroxylation is 1. The topological polar surface area (TPSA) is 88.1 Å². The first-order chi connectivity index (χ1) is 15.8. The lowest BCUT2D eigenvalue weighted by Gasteiger charge is -2.13. The van der Waals surface area contributed by atoms with Crippen molar-refractivity contribution in [3.05, 3.63) is 77.5 Å². The highest BCUT2D eigenvalue weighted by Gasteiger charge is 2.10. The van der Waals surface area contributed by atoms with Gasteiger partial charge in [0.2, 0.25) is 0 Å². The van der Waals surface area contributed by atoms with E-state index in [-0.39, 0.29) is 0 Å². The second-order valence-corrected chi connectivity index (χ2v) is 8.49. The van der Waals surface area contributed by atoms with E-state index in [9.17, 15) is 0 Å². The number of fused-ring (bicyclic) bond motifs is 1. The molecule has 3 heterocycles. The average molecular weight is 442 g/mol. The fourth-order valence-corrected chi connectivity index (χ4v) is 3.24. The summed E-state index contributed by atoms with van der Waals surface area (Å²) in [5, 5.41) is 0. The summed E-state index contributed by atoms with van der Waals surface area (Å²) in [5.74, 6) is 7.43. The van der Waals surface area contributed by atoms with Crippen LogP contribution < -0.4 is 15.2 Å². The maximum Gasteiger partial charge on any atom is 0.161 e. The summed E-state index contributed by atoms with van der Waals surface area (Å²) in [7, 11) is 1.64. The highest BCUT2D eigenvalue weighted by atomic mass is 16.5. The molecule has 0 atom stereocenters. The lowest BCUT2D eigenvalue weighted by Crippen LogP contribution is -2.29. The number of aromatic nitrogens is 4. The Bertz CT molecular complexity index is 1330. The van der Waals surface area contributed by atoms with E-state index in [4.69, 9.17) is 15.2 Å². The third kappa shape index (κ3) is 5.68. The average Bonchev–Trinajstić information content (AvgIpc) is 3.19. The minimum Gasteiger partial charge on any atom is -0.493 e. The predicted octanol–water partition coefficient (Wildman–Crippen LogP) is 3.86. The van der Waals surface area contributed by atoms with Crippen LogP contribution in [0.5, 0.6) is 11.5 Å². The smallest absolute Gasteiger partial charge is 0.161 e. The zero-order chi connectivity index (χ0) is 23.4. The molecule has 0 unspecified atom stereocenters. The monoisotopic (exact) mass is 441 g/mol. The molecule has 7 nitrogen and oxygen atoms in total. The molecule has 168 valence electrons. The van der Waals surface area contributed by atoms with Gasteiger partial charge in [0.15, 0.2) is 17.1 Å². The molecule has 0 saturated heterocycles. The summed E-state index contributed by atoms with van der Waals surface area (Å²) >= 11 is 0. The molecule has 4 rings (SSSR count). The number of benzene rings is 1. The number of nitrogens with zero attached hydrogens (tertiary/aromatic N) is 4. The molecule has 4 aromatic rings. The molecular weight excluding hydrogens is 414 g/mol. The van der Waals surface area contributed by atoms with Crippen molar-refractivity contribution >= 4 is 11.2 Å². The summed E-state index contributed by atoms with van der Waals surface area (Å²) in [6, 6.07) is 11.8. The van der Waals surface area contributed by atoms with Crippen molar-refractivity contribution < 1.29 is 9.47 Å². The molecule has 0 bridgehead atoms. The number of ether oxygens (including phenoxy) is 2. The minimum absolute atomic E-state index is 0.422. The Hall–Kier alpha value is -3.89. The second kappa shape index (κ2) is 9.31. The fraction of sp³-hybridized carbons (Fsp3) is 0.269. The third-order valence-electron chi connectivity index (χ3n) is 4.93. The maximum atomic E-state index is 5.96. The maximum absolute atomic E-state index is 5.96. The molecule has 33 heavy (non-hydrogen) atoms. The van der Waals surface area contributed by atoms with Gasteiger partial charge in [-0.2, -0.15) is 0 Å². The van der Waals surface area contributed by atoms with Crippen LogP contribution in [0.25, 0.3) is 11.2 Å². The molecule has 0 aliphatic heterocycles. The molecule has 0 aliphatic rings. The SMILES string of the molecule is COc1cc(Cn2cnc3cc(C#CC(C)(C)N)cnc32)ccc1OCc1ccc(C)nc1. The van der Waals surface area contributed by atoms with Gasteiger partial charge >= 0.3 is 0 Å². The van der Waals surface area contributed by atoms with E-state index >= 15 is 0 Å². The first-order valence-corrected chi connectivity index (χ1v) is 10.6. The van der Waals surface area contributed by atoms with Gasteiger partial charge in [-0.1, -0.05) is 24.0 Å². The van der Waals surface area contributed by atoms with E-state index in [2.05, 4.69) is 26.8 Å². The molecule has 0 saturated carbocycles. The van der Waals surface area contributed by atoms with Crippen LogP contribution in [0.15, 0.2) is 55.1 Å². The molecular formula is C26H27N5O2. The highest BCUT2D eigenvalue weighted by molar-refractivity contribution is 5.72. The first kappa shape index (κ1) is 22.3. The lowest BCUT2D eigenvalue weighted by atomic mass is 10.1. The number of nitrogens with two attached hydrogens (primary N) is 1. The van der Waals surface area contributed by atoms with Gasteiger partial charge < -0.3 is 19.8 Å². The molecule has 3 aromatic heterocycles. The van der Waals surface area contributed by atoms with Crippen molar-refractivity contribution in [3.63, 3.8) is 0 Å². The fourth-order valence-electron chi connectivity index (χ4n) is 3.24. The second-order valence-electron chi connectivity index (χ2n) is 8.49. The van der Waals surface area contributed by atoms with Gasteiger partial charge in [-0.15, -0.1) is 0 Å². The van der Waals surface area contributed by atoms with Crippen molar-refractivity contribution in [2.75, 3.05) is 7.11 Å². The Balaban J connectivity index is 1.50. The van der Waals surface area contributed by atoms with Gasteiger partial charge in [-0.05, 0) is 50.6 Å². The minimum atomic E-state index is -0.555. The van der Waals surface area contributed by atoms with Crippen LogP contribution in [0.4, 0.5) is 0 Å². The Labute approximate surface area is 193 Å². The van der Waals surface area contributed by atoms with Crippen LogP contribution in [-0.2, 0) is 13.2 Å². The molecule has 7 heteroatoms. The molecule has 1 aromatic carbocycles. The molecule has 0 amide bonds. The van der Waals surface area contributed by atoms with E-state index in [1.807, 2.05) is 67.9 Å². The van der Waals surface area contributed by atoms with Gasteiger partial charge in [-0.3, -0.25) is 4.98 Å².